The Bertz CT molecular complexity index is 497. The van der Waals surface area contributed by atoms with Gasteiger partial charge in [0.05, 0.1) is 11.9 Å². The first kappa shape index (κ1) is 11.0. The number of nitrogens with zero attached hydrogens (tertiary/aromatic N) is 3. The molecule has 0 spiro atoms. The van der Waals surface area contributed by atoms with Crippen LogP contribution < -0.4 is 5.32 Å². The normalized spacial score (nSPS) is 10.7. The predicted molar refractivity (Wildman–Crippen MR) is 59.1 cm³/mol. The molecular formula is C10H10ClFN4. The summed E-state index contributed by atoms with van der Waals surface area (Å²) in [5.41, 5.74) is 1.08. The van der Waals surface area contributed by atoms with E-state index in [0.717, 1.165) is 5.69 Å². The molecule has 84 valence electrons. The first-order chi connectivity index (χ1) is 7.70. The largest absolute Gasteiger partial charge is 0.314 e. The van der Waals surface area contributed by atoms with Crippen molar-refractivity contribution in [1.29, 1.82) is 0 Å². The lowest BCUT2D eigenvalue weighted by atomic mass is 10.3. The molecule has 6 heteroatoms. The van der Waals surface area contributed by atoms with E-state index in [-0.39, 0.29) is 0 Å². The van der Waals surface area contributed by atoms with Crippen molar-refractivity contribution in [1.82, 2.24) is 20.3 Å². The quantitative estimate of drug-likeness (QED) is 0.889. The summed E-state index contributed by atoms with van der Waals surface area (Å²) in [6.45, 7) is 0.592. The number of benzene rings is 1. The highest BCUT2D eigenvalue weighted by Gasteiger charge is 2.07. The average Bonchev–Trinajstić information content (AvgIpc) is 2.67. The third kappa shape index (κ3) is 2.20. The Kier molecular flexibility index (Phi) is 3.17. The van der Waals surface area contributed by atoms with Gasteiger partial charge in [-0.1, -0.05) is 16.8 Å². The molecule has 0 amide bonds. The van der Waals surface area contributed by atoms with Crippen molar-refractivity contribution >= 4 is 11.6 Å². The van der Waals surface area contributed by atoms with Gasteiger partial charge in [-0.25, -0.2) is 9.07 Å². The third-order valence-corrected chi connectivity index (χ3v) is 2.29. The Balaban J connectivity index is 2.35. The van der Waals surface area contributed by atoms with Crippen molar-refractivity contribution in [2.45, 2.75) is 6.54 Å². The van der Waals surface area contributed by atoms with Gasteiger partial charge >= 0.3 is 0 Å². The summed E-state index contributed by atoms with van der Waals surface area (Å²) in [5, 5.41) is 11.0. The minimum atomic E-state index is -0.423. The Morgan fingerprint density at radius 1 is 1.50 bits per heavy atom. The Morgan fingerprint density at radius 3 is 3.00 bits per heavy atom. The van der Waals surface area contributed by atoms with E-state index in [1.54, 1.807) is 18.3 Å². The van der Waals surface area contributed by atoms with Crippen LogP contribution in [0.25, 0.3) is 5.69 Å². The summed E-state index contributed by atoms with van der Waals surface area (Å²) in [5.74, 6) is -0.423. The van der Waals surface area contributed by atoms with E-state index in [9.17, 15) is 4.39 Å². The molecule has 1 aromatic heterocycles. The fraction of sp³-hybridized carbons (Fsp3) is 0.200. The van der Waals surface area contributed by atoms with Crippen LogP contribution in [0.3, 0.4) is 0 Å². The standard InChI is InChI=1S/C10H10ClFN4/c1-13-5-8-6-16(15-14-8)10-3-2-7(11)4-9(10)12/h2-4,6,13H,5H2,1H3. The molecule has 2 rings (SSSR count). The van der Waals surface area contributed by atoms with Gasteiger partial charge in [-0.2, -0.15) is 0 Å². The zero-order valence-electron chi connectivity index (χ0n) is 8.61. The summed E-state index contributed by atoms with van der Waals surface area (Å²) in [6.07, 6.45) is 1.67. The summed E-state index contributed by atoms with van der Waals surface area (Å²) in [6, 6.07) is 4.42. The van der Waals surface area contributed by atoms with Crippen LogP contribution in [-0.4, -0.2) is 22.0 Å². The molecule has 1 heterocycles. The average molecular weight is 241 g/mol. The highest BCUT2D eigenvalue weighted by molar-refractivity contribution is 6.30. The van der Waals surface area contributed by atoms with E-state index >= 15 is 0 Å². The lowest BCUT2D eigenvalue weighted by molar-refractivity contribution is 0.607. The van der Waals surface area contributed by atoms with Crippen molar-refractivity contribution in [3.8, 4) is 5.69 Å². The van der Waals surface area contributed by atoms with Gasteiger partial charge in [0, 0.05) is 11.6 Å². The molecule has 0 atom stereocenters. The van der Waals surface area contributed by atoms with Crippen LogP contribution in [0.5, 0.6) is 0 Å². The van der Waals surface area contributed by atoms with Crippen LogP contribution in [0.2, 0.25) is 5.02 Å². The fourth-order valence-corrected chi connectivity index (χ4v) is 1.50. The Hall–Kier alpha value is -1.46. The molecule has 1 N–H and O–H groups in total. The predicted octanol–water partition coefficient (Wildman–Crippen LogP) is 1.78. The highest BCUT2D eigenvalue weighted by Crippen LogP contribution is 2.17. The second-order valence-corrected chi connectivity index (χ2v) is 3.72. The lowest BCUT2D eigenvalue weighted by Crippen LogP contribution is -2.05. The second kappa shape index (κ2) is 4.59. The molecule has 0 saturated carbocycles. The van der Waals surface area contributed by atoms with E-state index in [2.05, 4.69) is 15.6 Å². The Labute approximate surface area is 97.0 Å². The van der Waals surface area contributed by atoms with Crippen LogP contribution in [0.4, 0.5) is 4.39 Å². The van der Waals surface area contributed by atoms with Gasteiger partial charge in [0.25, 0.3) is 0 Å². The van der Waals surface area contributed by atoms with Gasteiger partial charge in [0.15, 0.2) is 0 Å². The topological polar surface area (TPSA) is 42.7 Å². The van der Waals surface area contributed by atoms with Crippen LogP contribution in [0, 0.1) is 5.82 Å². The number of aromatic nitrogens is 3. The van der Waals surface area contributed by atoms with Gasteiger partial charge in [-0.15, -0.1) is 5.10 Å². The SMILES string of the molecule is CNCc1cn(-c2ccc(Cl)cc2F)nn1. The molecule has 0 unspecified atom stereocenters. The van der Waals surface area contributed by atoms with Gasteiger partial charge in [0.2, 0.25) is 0 Å². The summed E-state index contributed by atoms with van der Waals surface area (Å²) >= 11 is 5.66. The molecule has 0 saturated heterocycles. The number of hydrogen-bond acceptors (Lipinski definition) is 3. The highest BCUT2D eigenvalue weighted by atomic mass is 35.5. The number of nitrogens with one attached hydrogen (secondary N) is 1. The molecule has 4 nitrogen and oxygen atoms in total. The van der Waals surface area contributed by atoms with Crippen LogP contribution in [0.1, 0.15) is 5.69 Å². The van der Waals surface area contributed by atoms with Crippen molar-refractivity contribution in [3.63, 3.8) is 0 Å². The molecule has 0 bridgehead atoms. The first-order valence-electron chi connectivity index (χ1n) is 4.72. The zero-order chi connectivity index (χ0) is 11.5. The van der Waals surface area contributed by atoms with E-state index in [4.69, 9.17) is 11.6 Å². The zero-order valence-corrected chi connectivity index (χ0v) is 9.37. The monoisotopic (exact) mass is 240 g/mol. The lowest BCUT2D eigenvalue weighted by Gasteiger charge is -2.01. The number of halogens is 2. The van der Waals surface area contributed by atoms with Crippen molar-refractivity contribution in [3.05, 3.63) is 40.9 Å². The molecule has 0 aliphatic heterocycles. The molecule has 0 aliphatic carbocycles. The van der Waals surface area contributed by atoms with E-state index < -0.39 is 5.82 Å². The van der Waals surface area contributed by atoms with E-state index in [0.29, 0.717) is 17.3 Å². The van der Waals surface area contributed by atoms with Crippen molar-refractivity contribution in [2.75, 3.05) is 7.05 Å². The maximum absolute atomic E-state index is 13.5. The summed E-state index contributed by atoms with van der Waals surface area (Å²) in [7, 11) is 1.81. The van der Waals surface area contributed by atoms with Crippen molar-refractivity contribution < 1.29 is 4.39 Å². The van der Waals surface area contributed by atoms with Gasteiger partial charge in [-0.05, 0) is 25.2 Å². The minimum absolute atomic E-state index is 0.333. The van der Waals surface area contributed by atoms with Crippen LogP contribution in [-0.2, 0) is 6.54 Å². The molecular weight excluding hydrogens is 231 g/mol. The van der Waals surface area contributed by atoms with Crippen LogP contribution >= 0.6 is 11.6 Å². The van der Waals surface area contributed by atoms with Crippen molar-refractivity contribution in [2.24, 2.45) is 0 Å². The number of rotatable bonds is 3. The summed E-state index contributed by atoms with van der Waals surface area (Å²) in [4.78, 5) is 0. The third-order valence-electron chi connectivity index (χ3n) is 2.06. The van der Waals surface area contributed by atoms with Gasteiger partial charge in [0.1, 0.15) is 11.5 Å². The van der Waals surface area contributed by atoms with Gasteiger partial charge < -0.3 is 5.32 Å². The molecule has 0 aliphatic rings. The Morgan fingerprint density at radius 2 is 2.31 bits per heavy atom. The maximum atomic E-state index is 13.5. The van der Waals surface area contributed by atoms with E-state index in [1.807, 2.05) is 7.05 Å². The first-order valence-corrected chi connectivity index (χ1v) is 5.10. The maximum Gasteiger partial charge on any atom is 0.150 e. The molecule has 0 radical (unpaired) electrons. The molecule has 1 aromatic carbocycles. The van der Waals surface area contributed by atoms with E-state index in [1.165, 1.54) is 10.7 Å². The minimum Gasteiger partial charge on any atom is -0.314 e. The molecule has 0 fully saturated rings. The van der Waals surface area contributed by atoms with Crippen LogP contribution in [0.15, 0.2) is 24.4 Å². The summed E-state index contributed by atoms with van der Waals surface area (Å²) < 4.78 is 14.9. The second-order valence-electron chi connectivity index (χ2n) is 3.28. The smallest absolute Gasteiger partial charge is 0.150 e. The fourth-order valence-electron chi connectivity index (χ4n) is 1.35. The van der Waals surface area contributed by atoms with Gasteiger partial charge in [-0.3, -0.25) is 0 Å². The number of hydrogen-bond donors (Lipinski definition) is 1. The molecule has 16 heavy (non-hydrogen) atoms. The molecule has 2 aromatic rings.